The number of nitrogens with one attached hydrogen (secondary N) is 1. The minimum absolute atomic E-state index is 0.0395. The lowest BCUT2D eigenvalue weighted by Crippen LogP contribution is -2.26. The first-order chi connectivity index (χ1) is 9.04. The van der Waals surface area contributed by atoms with E-state index in [1.165, 1.54) is 19.2 Å². The fraction of sp³-hybridized carbons (Fsp3) is 0.571. The molecule has 0 unspecified atom stereocenters. The lowest BCUT2D eigenvalue weighted by atomic mass is 10.1. The van der Waals surface area contributed by atoms with Crippen molar-refractivity contribution in [3.8, 4) is 5.75 Å². The molecular formula is C14H21F2NO2. The molecule has 19 heavy (non-hydrogen) atoms. The third-order valence-corrected chi connectivity index (χ3v) is 2.65. The Morgan fingerprint density at radius 2 is 1.79 bits per heavy atom. The Balaban J connectivity index is 2.37. The molecule has 0 amide bonds. The highest BCUT2D eigenvalue weighted by molar-refractivity contribution is 5.30. The van der Waals surface area contributed by atoms with E-state index in [-0.39, 0.29) is 17.7 Å². The third-order valence-electron chi connectivity index (χ3n) is 2.65. The Morgan fingerprint density at radius 1 is 1.16 bits per heavy atom. The molecule has 5 heteroatoms. The number of halogens is 2. The molecule has 0 aliphatic rings. The zero-order valence-electron chi connectivity index (χ0n) is 11.6. The average Bonchev–Trinajstić information content (AvgIpc) is 2.35. The van der Waals surface area contributed by atoms with Crippen LogP contribution < -0.4 is 10.1 Å². The first kappa shape index (κ1) is 15.9. The summed E-state index contributed by atoms with van der Waals surface area (Å²) in [6, 6.07) is 2.76. The zero-order valence-corrected chi connectivity index (χ0v) is 11.6. The predicted molar refractivity (Wildman–Crippen MR) is 70.6 cm³/mol. The molecule has 0 bridgehead atoms. The van der Waals surface area contributed by atoms with E-state index in [1.807, 2.05) is 13.8 Å². The quantitative estimate of drug-likeness (QED) is 0.738. The molecule has 0 aliphatic carbocycles. The van der Waals surface area contributed by atoms with Crippen molar-refractivity contribution in [1.82, 2.24) is 5.32 Å². The van der Waals surface area contributed by atoms with Crippen molar-refractivity contribution in [2.75, 3.05) is 26.9 Å². The summed E-state index contributed by atoms with van der Waals surface area (Å²) in [6.45, 7) is 5.63. The molecule has 0 fully saturated rings. The Bertz CT molecular complexity index is 374. The third kappa shape index (κ3) is 5.53. The van der Waals surface area contributed by atoms with E-state index in [0.717, 1.165) is 6.54 Å². The molecule has 0 atom stereocenters. The van der Waals surface area contributed by atoms with E-state index in [1.54, 1.807) is 0 Å². The van der Waals surface area contributed by atoms with Crippen LogP contribution in [0.2, 0.25) is 0 Å². The lowest BCUT2D eigenvalue weighted by Gasteiger charge is -2.10. The smallest absolute Gasteiger partial charge is 0.133 e. The van der Waals surface area contributed by atoms with Gasteiger partial charge >= 0.3 is 0 Å². The van der Waals surface area contributed by atoms with Gasteiger partial charge in [0.15, 0.2) is 0 Å². The molecule has 0 aromatic heterocycles. The SMILES string of the molecule is COc1cc(F)c(CCOCCNC(C)C)c(F)c1. The van der Waals surface area contributed by atoms with E-state index >= 15 is 0 Å². The van der Waals surface area contributed by atoms with Crippen LogP contribution in [0.1, 0.15) is 19.4 Å². The standard InChI is InChI=1S/C14H21F2NO2/c1-10(2)17-5-7-19-6-4-12-13(15)8-11(18-3)9-14(12)16/h8-10,17H,4-7H2,1-3H3. The first-order valence-electron chi connectivity index (χ1n) is 6.37. The van der Waals surface area contributed by atoms with Gasteiger partial charge in [-0.25, -0.2) is 8.78 Å². The highest BCUT2D eigenvalue weighted by Crippen LogP contribution is 2.20. The van der Waals surface area contributed by atoms with Gasteiger partial charge in [0.1, 0.15) is 17.4 Å². The van der Waals surface area contributed by atoms with Gasteiger partial charge in [-0.3, -0.25) is 0 Å². The van der Waals surface area contributed by atoms with Crippen molar-refractivity contribution >= 4 is 0 Å². The van der Waals surface area contributed by atoms with E-state index in [4.69, 9.17) is 9.47 Å². The predicted octanol–water partition coefficient (Wildman–Crippen LogP) is 2.53. The fourth-order valence-electron chi connectivity index (χ4n) is 1.63. The monoisotopic (exact) mass is 273 g/mol. The van der Waals surface area contributed by atoms with Crippen molar-refractivity contribution in [3.63, 3.8) is 0 Å². The maximum atomic E-state index is 13.6. The summed E-state index contributed by atoms with van der Waals surface area (Å²) in [6.07, 6.45) is 0.212. The molecule has 0 saturated carbocycles. The number of hydrogen-bond donors (Lipinski definition) is 1. The van der Waals surface area contributed by atoms with E-state index < -0.39 is 11.6 Å². The Labute approximate surface area is 112 Å². The molecule has 1 aromatic carbocycles. The van der Waals surface area contributed by atoms with Crippen LogP contribution in [-0.2, 0) is 11.2 Å². The summed E-state index contributed by atoms with van der Waals surface area (Å²) >= 11 is 0. The number of benzene rings is 1. The summed E-state index contributed by atoms with van der Waals surface area (Å²) in [5.41, 5.74) is 0.0395. The van der Waals surface area contributed by atoms with Gasteiger partial charge < -0.3 is 14.8 Å². The summed E-state index contributed by atoms with van der Waals surface area (Å²) in [7, 11) is 1.37. The first-order valence-corrected chi connectivity index (χ1v) is 6.37. The molecule has 3 nitrogen and oxygen atoms in total. The van der Waals surface area contributed by atoms with Gasteiger partial charge in [-0.1, -0.05) is 13.8 Å². The van der Waals surface area contributed by atoms with Crippen LogP contribution >= 0.6 is 0 Å². The van der Waals surface area contributed by atoms with Gasteiger partial charge in [0.2, 0.25) is 0 Å². The highest BCUT2D eigenvalue weighted by atomic mass is 19.1. The molecule has 108 valence electrons. The minimum Gasteiger partial charge on any atom is -0.497 e. The number of hydrogen-bond acceptors (Lipinski definition) is 3. The maximum Gasteiger partial charge on any atom is 0.133 e. The molecule has 1 N–H and O–H groups in total. The second-order valence-electron chi connectivity index (χ2n) is 4.54. The number of rotatable bonds is 8. The van der Waals surface area contributed by atoms with E-state index in [9.17, 15) is 8.78 Å². The van der Waals surface area contributed by atoms with Crippen LogP contribution in [0, 0.1) is 11.6 Å². The maximum absolute atomic E-state index is 13.6. The second-order valence-corrected chi connectivity index (χ2v) is 4.54. The molecule has 0 radical (unpaired) electrons. The summed E-state index contributed by atoms with van der Waals surface area (Å²) in [5, 5.41) is 3.19. The van der Waals surface area contributed by atoms with Crippen molar-refractivity contribution < 1.29 is 18.3 Å². The Morgan fingerprint density at radius 3 is 2.32 bits per heavy atom. The molecule has 0 heterocycles. The topological polar surface area (TPSA) is 30.5 Å². The fourth-order valence-corrected chi connectivity index (χ4v) is 1.63. The van der Waals surface area contributed by atoms with Crippen molar-refractivity contribution in [2.24, 2.45) is 0 Å². The molecule has 0 aliphatic heterocycles. The molecule has 0 spiro atoms. The summed E-state index contributed by atoms with van der Waals surface area (Å²) in [4.78, 5) is 0. The summed E-state index contributed by atoms with van der Waals surface area (Å²) in [5.74, 6) is -1.01. The van der Waals surface area contributed by atoms with Crippen molar-refractivity contribution in [1.29, 1.82) is 0 Å². The van der Waals surface area contributed by atoms with Crippen LogP contribution in [0.4, 0.5) is 8.78 Å². The van der Waals surface area contributed by atoms with E-state index in [0.29, 0.717) is 19.3 Å². The number of methoxy groups -OCH3 is 1. The van der Waals surface area contributed by atoms with Gasteiger partial charge in [-0.2, -0.15) is 0 Å². The molecule has 0 saturated heterocycles. The Kier molecular flexibility index (Phi) is 6.73. The van der Waals surface area contributed by atoms with Crippen LogP contribution in [-0.4, -0.2) is 32.9 Å². The number of ether oxygens (including phenoxy) is 2. The van der Waals surface area contributed by atoms with Crippen LogP contribution in [0.5, 0.6) is 5.75 Å². The van der Waals surface area contributed by atoms with Gasteiger partial charge in [0, 0.05) is 36.7 Å². The summed E-state index contributed by atoms with van der Waals surface area (Å²) < 4.78 is 37.3. The highest BCUT2D eigenvalue weighted by Gasteiger charge is 2.11. The van der Waals surface area contributed by atoms with Crippen LogP contribution in [0.25, 0.3) is 0 Å². The second kappa shape index (κ2) is 8.07. The van der Waals surface area contributed by atoms with Crippen LogP contribution in [0.3, 0.4) is 0 Å². The van der Waals surface area contributed by atoms with Gasteiger partial charge in [0.25, 0.3) is 0 Å². The molecule has 1 rings (SSSR count). The lowest BCUT2D eigenvalue weighted by molar-refractivity contribution is 0.136. The minimum atomic E-state index is -0.597. The van der Waals surface area contributed by atoms with Crippen LogP contribution in [0.15, 0.2) is 12.1 Å². The Hall–Kier alpha value is -1.20. The van der Waals surface area contributed by atoms with Gasteiger partial charge in [0.05, 0.1) is 20.3 Å². The van der Waals surface area contributed by atoms with Gasteiger partial charge in [-0.15, -0.1) is 0 Å². The van der Waals surface area contributed by atoms with E-state index in [2.05, 4.69) is 5.32 Å². The van der Waals surface area contributed by atoms with Crippen molar-refractivity contribution in [2.45, 2.75) is 26.3 Å². The van der Waals surface area contributed by atoms with Gasteiger partial charge in [-0.05, 0) is 0 Å². The zero-order chi connectivity index (χ0) is 14.3. The molecular weight excluding hydrogens is 252 g/mol. The van der Waals surface area contributed by atoms with Crippen molar-refractivity contribution in [3.05, 3.63) is 29.3 Å². The normalized spacial score (nSPS) is 11.1. The molecule has 1 aromatic rings. The average molecular weight is 273 g/mol. The largest absolute Gasteiger partial charge is 0.497 e.